The summed E-state index contributed by atoms with van der Waals surface area (Å²) in [5.74, 6) is 1.46. The van der Waals surface area contributed by atoms with E-state index in [1.807, 2.05) is 11.0 Å². The molecule has 4 N–H and O–H groups in total. The van der Waals surface area contributed by atoms with Crippen molar-refractivity contribution in [2.75, 3.05) is 23.2 Å². The van der Waals surface area contributed by atoms with Crippen molar-refractivity contribution in [2.24, 2.45) is 11.5 Å². The van der Waals surface area contributed by atoms with Crippen molar-refractivity contribution in [1.29, 1.82) is 0 Å². The first-order chi connectivity index (χ1) is 11.1. The number of nitrogens with zero attached hydrogens (tertiary/aromatic N) is 4. The van der Waals surface area contributed by atoms with Gasteiger partial charge in [0.05, 0.1) is 24.7 Å². The molecule has 0 saturated heterocycles. The van der Waals surface area contributed by atoms with E-state index in [1.165, 1.54) is 0 Å². The van der Waals surface area contributed by atoms with Crippen LogP contribution < -0.4 is 16.4 Å². The Balaban J connectivity index is 2.23. The highest BCUT2D eigenvalue weighted by Crippen LogP contribution is 2.29. The van der Waals surface area contributed by atoms with E-state index in [-0.39, 0.29) is 6.67 Å². The van der Waals surface area contributed by atoms with Gasteiger partial charge < -0.3 is 16.4 Å². The van der Waals surface area contributed by atoms with Crippen LogP contribution in [0.2, 0.25) is 5.15 Å². The zero-order chi connectivity index (χ0) is 16.8. The highest BCUT2D eigenvalue weighted by atomic mass is 35.5. The van der Waals surface area contributed by atoms with Gasteiger partial charge in [0, 0.05) is 22.7 Å². The number of aromatic nitrogens is 3. The van der Waals surface area contributed by atoms with Gasteiger partial charge in [0.1, 0.15) is 5.69 Å². The van der Waals surface area contributed by atoms with Gasteiger partial charge in [-0.3, -0.25) is 4.98 Å². The second-order valence-corrected chi connectivity index (χ2v) is 6.68. The molecule has 0 spiro atoms. The lowest BCUT2D eigenvalue weighted by atomic mass is 10.3. The predicted molar refractivity (Wildman–Crippen MR) is 100 cm³/mol. The molecule has 0 atom stereocenters. The summed E-state index contributed by atoms with van der Waals surface area (Å²) >= 11 is 12.2. The average Bonchev–Trinajstić information content (AvgIpc) is 2.90. The van der Waals surface area contributed by atoms with Crippen LogP contribution in [-0.2, 0) is 0 Å². The lowest BCUT2D eigenvalue weighted by Gasteiger charge is -2.23. The van der Waals surface area contributed by atoms with E-state index in [0.717, 1.165) is 28.5 Å². The third-order valence-electron chi connectivity index (χ3n) is 3.13. The molecule has 0 aliphatic carbocycles. The number of nitrogens with two attached hydrogens (primary N) is 2. The zero-order valence-electron chi connectivity index (χ0n) is 12.5. The normalized spacial score (nSPS) is 10.8. The van der Waals surface area contributed by atoms with Crippen LogP contribution >= 0.6 is 36.0 Å². The fraction of sp³-hybridized carbons (Fsp3) is 0.286. The number of hydrogen-bond donors (Lipinski definition) is 3. The Labute approximate surface area is 150 Å². The second kappa shape index (κ2) is 8.60. The third-order valence-corrected chi connectivity index (χ3v) is 4.38. The van der Waals surface area contributed by atoms with Gasteiger partial charge in [-0.25, -0.2) is 4.68 Å². The molecule has 0 saturated carbocycles. The van der Waals surface area contributed by atoms with Crippen LogP contribution in [0.25, 0.3) is 5.69 Å². The quantitative estimate of drug-likeness (QED) is 0.376. The molecule has 0 unspecified atom stereocenters. The first-order valence-electron chi connectivity index (χ1n) is 6.89. The highest BCUT2D eigenvalue weighted by Gasteiger charge is 2.17. The van der Waals surface area contributed by atoms with Crippen molar-refractivity contribution >= 4 is 41.7 Å². The van der Waals surface area contributed by atoms with Crippen LogP contribution in [0.4, 0.5) is 5.69 Å². The number of hydrogen-bond acceptors (Lipinski definition) is 7. The van der Waals surface area contributed by atoms with Crippen LogP contribution in [-0.4, -0.2) is 33.1 Å². The van der Waals surface area contributed by atoms with Gasteiger partial charge in [-0.15, -0.1) is 24.4 Å². The Morgan fingerprint density at radius 3 is 2.87 bits per heavy atom. The second-order valence-electron chi connectivity index (χ2n) is 4.65. The molecular weight excluding hydrogens is 352 g/mol. The molecule has 2 aromatic rings. The summed E-state index contributed by atoms with van der Waals surface area (Å²) in [5.41, 5.74) is 13.7. The van der Waals surface area contributed by atoms with E-state index in [4.69, 9.17) is 23.1 Å². The summed E-state index contributed by atoms with van der Waals surface area (Å²) in [6.45, 7) is 4.35. The SMILES string of the molecule is C=C(CCSCN)N(CN)c1cn(-c2cncc(S)c2)nc1Cl. The molecule has 0 fully saturated rings. The third kappa shape index (κ3) is 4.65. The molecule has 0 bridgehead atoms. The van der Waals surface area contributed by atoms with Crippen molar-refractivity contribution in [3.8, 4) is 5.69 Å². The van der Waals surface area contributed by atoms with Crippen molar-refractivity contribution < 1.29 is 0 Å². The number of halogens is 1. The molecule has 0 aromatic carbocycles. The molecule has 2 heterocycles. The minimum absolute atomic E-state index is 0.266. The fourth-order valence-corrected chi connectivity index (χ4v) is 2.98. The number of thioether (sulfide) groups is 1. The predicted octanol–water partition coefficient (Wildman–Crippen LogP) is 2.49. The first-order valence-corrected chi connectivity index (χ1v) is 8.87. The highest BCUT2D eigenvalue weighted by molar-refractivity contribution is 7.99. The maximum absolute atomic E-state index is 6.28. The van der Waals surface area contributed by atoms with Crippen LogP contribution in [0.1, 0.15) is 6.42 Å². The van der Waals surface area contributed by atoms with Gasteiger partial charge in [0.25, 0.3) is 0 Å². The molecule has 0 amide bonds. The summed E-state index contributed by atoms with van der Waals surface area (Å²) < 4.78 is 1.65. The summed E-state index contributed by atoms with van der Waals surface area (Å²) in [5, 5.41) is 4.67. The molecular formula is C14H19ClN6S2. The average molecular weight is 371 g/mol. The lowest BCUT2D eigenvalue weighted by Crippen LogP contribution is -2.29. The lowest BCUT2D eigenvalue weighted by molar-refractivity contribution is 0.864. The minimum atomic E-state index is 0.266. The molecule has 9 heteroatoms. The van der Waals surface area contributed by atoms with Crippen LogP contribution in [0.5, 0.6) is 0 Å². The molecule has 124 valence electrons. The van der Waals surface area contributed by atoms with Gasteiger partial charge >= 0.3 is 0 Å². The smallest absolute Gasteiger partial charge is 0.175 e. The summed E-state index contributed by atoms with van der Waals surface area (Å²) in [6, 6.07) is 1.85. The molecule has 2 rings (SSSR count). The van der Waals surface area contributed by atoms with Crippen molar-refractivity contribution in [3.05, 3.63) is 42.1 Å². The first kappa shape index (κ1) is 18.2. The molecule has 0 aliphatic rings. The van der Waals surface area contributed by atoms with Crippen LogP contribution in [0, 0.1) is 0 Å². The van der Waals surface area contributed by atoms with Gasteiger partial charge in [0.2, 0.25) is 0 Å². The minimum Gasteiger partial charge on any atom is -0.329 e. The van der Waals surface area contributed by atoms with E-state index < -0.39 is 0 Å². The molecule has 6 nitrogen and oxygen atoms in total. The van der Waals surface area contributed by atoms with E-state index >= 15 is 0 Å². The van der Waals surface area contributed by atoms with E-state index in [1.54, 1.807) is 35.0 Å². The molecule has 0 aliphatic heterocycles. The van der Waals surface area contributed by atoms with Crippen molar-refractivity contribution in [1.82, 2.24) is 14.8 Å². The molecule has 23 heavy (non-hydrogen) atoms. The summed E-state index contributed by atoms with van der Waals surface area (Å²) in [6.07, 6.45) is 5.92. The van der Waals surface area contributed by atoms with Gasteiger partial charge in [0.15, 0.2) is 5.15 Å². The van der Waals surface area contributed by atoms with Gasteiger partial charge in [-0.05, 0) is 18.2 Å². The van der Waals surface area contributed by atoms with Crippen LogP contribution in [0.3, 0.4) is 0 Å². The Bertz CT molecular complexity index is 675. The Morgan fingerprint density at radius 1 is 1.43 bits per heavy atom. The Morgan fingerprint density at radius 2 is 2.22 bits per heavy atom. The molecule has 2 aromatic heterocycles. The maximum atomic E-state index is 6.28. The van der Waals surface area contributed by atoms with Crippen molar-refractivity contribution in [3.63, 3.8) is 0 Å². The van der Waals surface area contributed by atoms with Crippen molar-refractivity contribution in [2.45, 2.75) is 11.3 Å². The van der Waals surface area contributed by atoms with Gasteiger partial charge in [-0.1, -0.05) is 18.2 Å². The van der Waals surface area contributed by atoms with Crippen LogP contribution in [0.15, 0.2) is 41.8 Å². The van der Waals surface area contributed by atoms with E-state index in [2.05, 4.69) is 29.3 Å². The standard InChI is InChI=1S/C14H19ClN6S2/c1-10(2-3-23-9-17)20(8-16)13-7-21(19-14(13)15)11-4-12(22)6-18-5-11/h4-7,22H,1-3,8-9,16-17H2. The summed E-state index contributed by atoms with van der Waals surface area (Å²) in [7, 11) is 0. The monoisotopic (exact) mass is 370 g/mol. The number of rotatable bonds is 8. The van der Waals surface area contributed by atoms with E-state index in [9.17, 15) is 0 Å². The largest absolute Gasteiger partial charge is 0.329 e. The fourth-order valence-electron chi connectivity index (χ4n) is 2.00. The Kier molecular flexibility index (Phi) is 6.79. The summed E-state index contributed by atoms with van der Waals surface area (Å²) in [4.78, 5) is 6.69. The zero-order valence-corrected chi connectivity index (χ0v) is 15.0. The number of thiol groups is 1. The van der Waals surface area contributed by atoms with Gasteiger partial charge in [-0.2, -0.15) is 5.10 Å². The maximum Gasteiger partial charge on any atom is 0.175 e. The molecule has 0 radical (unpaired) electrons. The number of allylic oxidation sites excluding steroid dienone is 1. The Hall–Kier alpha value is -1.19. The number of anilines is 1. The van der Waals surface area contributed by atoms with E-state index in [0.29, 0.717) is 16.7 Å². The number of pyridine rings is 1. The topological polar surface area (TPSA) is 86.0 Å².